The van der Waals surface area contributed by atoms with Gasteiger partial charge in [0.25, 0.3) is 0 Å². The SMILES string of the molecule is COc1ccc(CNC(=O)Nc2cc(C)cc(OC)c2C)cc1C#N. The van der Waals surface area contributed by atoms with Gasteiger partial charge in [-0.2, -0.15) is 5.26 Å². The third-order valence-corrected chi connectivity index (χ3v) is 3.81. The Hall–Kier alpha value is -3.20. The number of nitrogens with one attached hydrogen (secondary N) is 2. The highest BCUT2D eigenvalue weighted by molar-refractivity contribution is 5.90. The maximum Gasteiger partial charge on any atom is 0.319 e. The monoisotopic (exact) mass is 339 g/mol. The highest BCUT2D eigenvalue weighted by Crippen LogP contribution is 2.27. The Morgan fingerprint density at radius 1 is 1.12 bits per heavy atom. The minimum absolute atomic E-state index is 0.298. The van der Waals surface area contributed by atoms with Gasteiger partial charge in [-0.05, 0) is 49.2 Å². The summed E-state index contributed by atoms with van der Waals surface area (Å²) in [6.45, 7) is 4.12. The van der Waals surface area contributed by atoms with E-state index in [2.05, 4.69) is 16.7 Å². The van der Waals surface area contributed by atoms with Gasteiger partial charge in [0, 0.05) is 17.8 Å². The average Bonchev–Trinajstić information content (AvgIpc) is 2.62. The minimum Gasteiger partial charge on any atom is -0.496 e. The number of aryl methyl sites for hydroxylation is 1. The number of amides is 2. The zero-order valence-corrected chi connectivity index (χ0v) is 14.8. The summed E-state index contributed by atoms with van der Waals surface area (Å²) < 4.78 is 10.4. The van der Waals surface area contributed by atoms with Crippen LogP contribution in [0, 0.1) is 25.2 Å². The first-order chi connectivity index (χ1) is 12.0. The van der Waals surface area contributed by atoms with Gasteiger partial charge in [0.2, 0.25) is 0 Å². The maximum atomic E-state index is 12.2. The predicted octanol–water partition coefficient (Wildman–Crippen LogP) is 3.51. The summed E-state index contributed by atoms with van der Waals surface area (Å²) in [7, 11) is 3.11. The van der Waals surface area contributed by atoms with Gasteiger partial charge >= 0.3 is 6.03 Å². The molecule has 0 aliphatic heterocycles. The van der Waals surface area contributed by atoms with Crippen LogP contribution in [0.25, 0.3) is 0 Å². The van der Waals surface area contributed by atoms with Gasteiger partial charge in [-0.3, -0.25) is 0 Å². The molecule has 2 aromatic rings. The lowest BCUT2D eigenvalue weighted by molar-refractivity contribution is 0.251. The lowest BCUT2D eigenvalue weighted by Gasteiger charge is -2.14. The van der Waals surface area contributed by atoms with Crippen molar-refractivity contribution in [2.75, 3.05) is 19.5 Å². The third-order valence-electron chi connectivity index (χ3n) is 3.81. The van der Waals surface area contributed by atoms with Crippen molar-refractivity contribution in [1.82, 2.24) is 5.32 Å². The van der Waals surface area contributed by atoms with Crippen LogP contribution in [0.2, 0.25) is 0 Å². The Labute approximate surface area is 147 Å². The second-order valence-electron chi connectivity index (χ2n) is 5.59. The van der Waals surface area contributed by atoms with E-state index in [1.807, 2.05) is 26.0 Å². The Morgan fingerprint density at radius 3 is 2.48 bits per heavy atom. The second-order valence-corrected chi connectivity index (χ2v) is 5.59. The molecule has 0 bridgehead atoms. The molecular formula is C19H21N3O3. The van der Waals surface area contributed by atoms with Gasteiger partial charge in [0.15, 0.2) is 0 Å². The van der Waals surface area contributed by atoms with E-state index in [0.29, 0.717) is 23.5 Å². The van der Waals surface area contributed by atoms with E-state index in [-0.39, 0.29) is 6.03 Å². The van der Waals surface area contributed by atoms with E-state index in [4.69, 9.17) is 14.7 Å². The quantitative estimate of drug-likeness (QED) is 0.873. The molecule has 2 amide bonds. The van der Waals surface area contributed by atoms with Crippen molar-refractivity contribution >= 4 is 11.7 Å². The van der Waals surface area contributed by atoms with Crippen LogP contribution < -0.4 is 20.1 Å². The molecule has 2 rings (SSSR count). The molecule has 2 aromatic carbocycles. The standard InChI is InChI=1S/C19H21N3O3/c1-12-7-16(13(2)18(8-12)25-4)22-19(23)21-11-14-5-6-17(24-3)15(9-14)10-20/h5-9H,11H2,1-4H3,(H2,21,22,23). The summed E-state index contributed by atoms with van der Waals surface area (Å²) >= 11 is 0. The molecule has 6 nitrogen and oxygen atoms in total. The van der Waals surface area contributed by atoms with Crippen molar-refractivity contribution < 1.29 is 14.3 Å². The van der Waals surface area contributed by atoms with Crippen molar-refractivity contribution in [3.8, 4) is 17.6 Å². The lowest BCUT2D eigenvalue weighted by Crippen LogP contribution is -2.28. The van der Waals surface area contributed by atoms with E-state index in [0.717, 1.165) is 22.4 Å². The summed E-state index contributed by atoms with van der Waals surface area (Å²) in [6, 6.07) is 10.8. The van der Waals surface area contributed by atoms with E-state index < -0.39 is 0 Å². The highest BCUT2D eigenvalue weighted by atomic mass is 16.5. The molecule has 0 aliphatic rings. The van der Waals surface area contributed by atoms with Crippen LogP contribution in [0.3, 0.4) is 0 Å². The van der Waals surface area contributed by atoms with Gasteiger partial charge < -0.3 is 20.1 Å². The molecule has 0 heterocycles. The van der Waals surface area contributed by atoms with E-state index in [1.54, 1.807) is 25.3 Å². The predicted molar refractivity (Wildman–Crippen MR) is 96.0 cm³/mol. The number of rotatable bonds is 5. The molecule has 0 atom stereocenters. The molecule has 0 spiro atoms. The topological polar surface area (TPSA) is 83.4 Å². The Balaban J connectivity index is 2.05. The molecular weight excluding hydrogens is 318 g/mol. The molecule has 0 fully saturated rings. The number of methoxy groups -OCH3 is 2. The molecule has 0 aliphatic carbocycles. The van der Waals surface area contributed by atoms with Crippen molar-refractivity contribution in [3.63, 3.8) is 0 Å². The van der Waals surface area contributed by atoms with Crippen LogP contribution in [-0.2, 0) is 6.54 Å². The van der Waals surface area contributed by atoms with Crippen LogP contribution in [0.4, 0.5) is 10.5 Å². The molecule has 6 heteroatoms. The van der Waals surface area contributed by atoms with Gasteiger partial charge in [0.1, 0.15) is 17.6 Å². The summed E-state index contributed by atoms with van der Waals surface area (Å²) in [4.78, 5) is 12.2. The smallest absolute Gasteiger partial charge is 0.319 e. The van der Waals surface area contributed by atoms with Crippen LogP contribution in [0.15, 0.2) is 30.3 Å². The first kappa shape index (κ1) is 18.1. The number of nitriles is 1. The van der Waals surface area contributed by atoms with Crippen LogP contribution in [-0.4, -0.2) is 20.3 Å². The average molecular weight is 339 g/mol. The molecule has 0 unspecified atom stereocenters. The summed E-state index contributed by atoms with van der Waals surface area (Å²) in [5.41, 5.74) is 3.79. The first-order valence-electron chi connectivity index (χ1n) is 7.75. The van der Waals surface area contributed by atoms with E-state index >= 15 is 0 Å². The number of hydrogen-bond acceptors (Lipinski definition) is 4. The van der Waals surface area contributed by atoms with Gasteiger partial charge in [-0.15, -0.1) is 0 Å². The summed E-state index contributed by atoms with van der Waals surface area (Å²) in [5, 5.41) is 14.7. The third kappa shape index (κ3) is 4.42. The van der Waals surface area contributed by atoms with Crippen molar-refractivity contribution in [2.24, 2.45) is 0 Å². The minimum atomic E-state index is -0.329. The normalized spacial score (nSPS) is 9.88. The van der Waals surface area contributed by atoms with Gasteiger partial charge in [-0.25, -0.2) is 4.79 Å². The second kappa shape index (κ2) is 8.06. The summed E-state index contributed by atoms with van der Waals surface area (Å²) in [5.74, 6) is 1.24. The van der Waals surface area contributed by atoms with Crippen LogP contribution >= 0.6 is 0 Å². The van der Waals surface area contributed by atoms with Crippen molar-refractivity contribution in [2.45, 2.75) is 20.4 Å². The van der Waals surface area contributed by atoms with E-state index in [9.17, 15) is 4.79 Å². The molecule has 2 N–H and O–H groups in total. The number of anilines is 1. The Kier molecular flexibility index (Phi) is 5.85. The molecule has 0 radical (unpaired) electrons. The number of urea groups is 1. The fourth-order valence-electron chi connectivity index (χ4n) is 2.47. The zero-order valence-electron chi connectivity index (χ0n) is 14.8. The number of nitrogens with zero attached hydrogens (tertiary/aromatic N) is 1. The molecule has 0 saturated carbocycles. The highest BCUT2D eigenvalue weighted by Gasteiger charge is 2.10. The van der Waals surface area contributed by atoms with Crippen molar-refractivity contribution in [3.05, 3.63) is 52.6 Å². The molecule has 0 saturated heterocycles. The fraction of sp³-hybridized carbons (Fsp3) is 0.263. The van der Waals surface area contributed by atoms with E-state index in [1.165, 1.54) is 7.11 Å². The lowest BCUT2D eigenvalue weighted by atomic mass is 10.1. The number of ether oxygens (including phenoxy) is 2. The number of carbonyl (C=O) groups is 1. The Morgan fingerprint density at radius 2 is 1.84 bits per heavy atom. The number of benzene rings is 2. The fourth-order valence-corrected chi connectivity index (χ4v) is 2.47. The summed E-state index contributed by atoms with van der Waals surface area (Å²) in [6.07, 6.45) is 0. The zero-order chi connectivity index (χ0) is 18.4. The van der Waals surface area contributed by atoms with Gasteiger partial charge in [-0.1, -0.05) is 6.07 Å². The molecule has 130 valence electrons. The molecule has 0 aromatic heterocycles. The number of carbonyl (C=O) groups excluding carboxylic acids is 1. The Bertz CT molecular complexity index is 825. The first-order valence-corrected chi connectivity index (χ1v) is 7.75. The van der Waals surface area contributed by atoms with Crippen molar-refractivity contribution in [1.29, 1.82) is 5.26 Å². The largest absolute Gasteiger partial charge is 0.496 e. The number of hydrogen-bond donors (Lipinski definition) is 2. The van der Waals surface area contributed by atoms with Crippen LogP contribution in [0.1, 0.15) is 22.3 Å². The maximum absolute atomic E-state index is 12.2. The van der Waals surface area contributed by atoms with Gasteiger partial charge in [0.05, 0.1) is 19.8 Å². The van der Waals surface area contributed by atoms with Crippen LogP contribution in [0.5, 0.6) is 11.5 Å². The molecule has 25 heavy (non-hydrogen) atoms.